The quantitative estimate of drug-likeness (QED) is 0.503. The summed E-state index contributed by atoms with van der Waals surface area (Å²) in [6, 6.07) is 17.1. The molecule has 0 aromatic heterocycles. The van der Waals surface area contributed by atoms with Crippen LogP contribution in [0.15, 0.2) is 66.7 Å². The van der Waals surface area contributed by atoms with Crippen molar-refractivity contribution in [3.8, 4) is 5.75 Å². The van der Waals surface area contributed by atoms with Crippen molar-refractivity contribution in [1.82, 2.24) is 5.32 Å². The van der Waals surface area contributed by atoms with Crippen LogP contribution in [0, 0.1) is 5.82 Å². The molecule has 1 N–H and O–H groups in total. The van der Waals surface area contributed by atoms with Gasteiger partial charge in [-0.3, -0.25) is 4.79 Å². The fraction of sp³-hybridized carbons (Fsp3) is 0.167. The van der Waals surface area contributed by atoms with E-state index < -0.39 is 5.97 Å². The van der Waals surface area contributed by atoms with Gasteiger partial charge in [0.15, 0.2) is 0 Å². The number of benzene rings is 3. The van der Waals surface area contributed by atoms with Crippen molar-refractivity contribution in [3.63, 3.8) is 0 Å². The molecule has 0 aliphatic carbocycles. The van der Waals surface area contributed by atoms with Crippen LogP contribution in [0.2, 0.25) is 5.02 Å². The van der Waals surface area contributed by atoms with Crippen molar-refractivity contribution in [3.05, 3.63) is 99.8 Å². The smallest absolute Gasteiger partial charge is 0.337 e. The number of hydrogen-bond acceptors (Lipinski definition) is 4. The minimum Gasteiger partial charge on any atom is -0.489 e. The van der Waals surface area contributed by atoms with Crippen LogP contribution in [-0.4, -0.2) is 19.0 Å². The molecular formula is C24H21ClFNO4. The van der Waals surface area contributed by atoms with Gasteiger partial charge in [-0.25, -0.2) is 9.18 Å². The van der Waals surface area contributed by atoms with Crippen molar-refractivity contribution in [2.24, 2.45) is 0 Å². The van der Waals surface area contributed by atoms with E-state index in [4.69, 9.17) is 21.1 Å². The van der Waals surface area contributed by atoms with E-state index in [-0.39, 0.29) is 24.4 Å². The van der Waals surface area contributed by atoms with Gasteiger partial charge in [0.25, 0.3) is 5.91 Å². The molecule has 1 amide bonds. The van der Waals surface area contributed by atoms with Gasteiger partial charge in [-0.05, 0) is 61.0 Å². The highest BCUT2D eigenvalue weighted by molar-refractivity contribution is 6.31. The lowest BCUT2D eigenvalue weighted by atomic mass is 10.0. The van der Waals surface area contributed by atoms with Gasteiger partial charge in [-0.15, -0.1) is 0 Å². The number of halogens is 2. The third kappa shape index (κ3) is 5.83. The van der Waals surface area contributed by atoms with Crippen LogP contribution in [-0.2, 0) is 11.3 Å². The van der Waals surface area contributed by atoms with Crippen LogP contribution in [0.4, 0.5) is 4.39 Å². The summed E-state index contributed by atoms with van der Waals surface area (Å²) >= 11 is 6.11. The highest BCUT2D eigenvalue weighted by atomic mass is 35.5. The molecule has 0 radical (unpaired) electrons. The maximum absolute atomic E-state index is 13.1. The average molecular weight is 442 g/mol. The molecule has 0 aliphatic rings. The van der Waals surface area contributed by atoms with Crippen molar-refractivity contribution in [2.45, 2.75) is 19.6 Å². The molecule has 0 spiro atoms. The lowest BCUT2D eigenvalue weighted by Crippen LogP contribution is -2.28. The number of amides is 1. The van der Waals surface area contributed by atoms with E-state index in [1.807, 2.05) is 13.0 Å². The molecule has 7 heteroatoms. The Morgan fingerprint density at radius 2 is 1.81 bits per heavy atom. The topological polar surface area (TPSA) is 64.6 Å². The first-order valence-corrected chi connectivity index (χ1v) is 9.91. The summed E-state index contributed by atoms with van der Waals surface area (Å²) in [5.41, 5.74) is 2.15. The van der Waals surface area contributed by atoms with Gasteiger partial charge in [0, 0.05) is 16.1 Å². The predicted molar refractivity (Wildman–Crippen MR) is 116 cm³/mol. The van der Waals surface area contributed by atoms with Gasteiger partial charge < -0.3 is 14.8 Å². The van der Waals surface area contributed by atoms with Gasteiger partial charge in [-0.2, -0.15) is 0 Å². The molecule has 0 saturated carbocycles. The summed E-state index contributed by atoms with van der Waals surface area (Å²) < 4.78 is 23.5. The predicted octanol–water partition coefficient (Wildman–Crippen LogP) is 5.34. The molecule has 0 aliphatic heterocycles. The summed E-state index contributed by atoms with van der Waals surface area (Å²) in [6.07, 6.45) is 0. The standard InChI is InChI=1S/C24H21ClFNO4/c1-15(16-4-3-5-17(12-16)24(29)30-2)27-23(28)22-13-19(25)7-6-18(22)14-31-21-10-8-20(26)9-11-21/h3-13,15H,14H2,1-2H3,(H,27,28)/t15-/m0/s1. The van der Waals surface area contributed by atoms with Gasteiger partial charge in [0.1, 0.15) is 18.2 Å². The van der Waals surface area contributed by atoms with E-state index in [1.54, 1.807) is 36.4 Å². The molecule has 5 nitrogen and oxygen atoms in total. The molecule has 1 atom stereocenters. The van der Waals surface area contributed by atoms with E-state index in [0.29, 0.717) is 27.5 Å². The van der Waals surface area contributed by atoms with E-state index in [1.165, 1.54) is 31.4 Å². The summed E-state index contributed by atoms with van der Waals surface area (Å²) in [4.78, 5) is 24.7. The largest absolute Gasteiger partial charge is 0.489 e. The number of rotatable bonds is 7. The van der Waals surface area contributed by atoms with Crippen LogP contribution in [0.3, 0.4) is 0 Å². The zero-order chi connectivity index (χ0) is 22.4. The Kier molecular flexibility index (Phi) is 7.26. The maximum atomic E-state index is 13.1. The molecule has 160 valence electrons. The summed E-state index contributed by atoms with van der Waals surface area (Å²) in [5.74, 6) is -0.661. The fourth-order valence-electron chi connectivity index (χ4n) is 2.99. The van der Waals surface area contributed by atoms with Crippen molar-refractivity contribution < 1.29 is 23.5 Å². The second-order valence-electron chi connectivity index (χ2n) is 6.86. The van der Waals surface area contributed by atoms with Gasteiger partial charge >= 0.3 is 5.97 Å². The van der Waals surface area contributed by atoms with Crippen LogP contribution in [0.5, 0.6) is 5.75 Å². The molecule has 3 aromatic carbocycles. The molecule has 31 heavy (non-hydrogen) atoms. The Morgan fingerprint density at radius 1 is 1.06 bits per heavy atom. The molecule has 3 rings (SSSR count). The number of nitrogens with one attached hydrogen (secondary N) is 1. The average Bonchev–Trinajstić information content (AvgIpc) is 2.78. The highest BCUT2D eigenvalue weighted by Gasteiger charge is 2.17. The second kappa shape index (κ2) is 10.1. The van der Waals surface area contributed by atoms with Crippen molar-refractivity contribution in [1.29, 1.82) is 0 Å². The molecule has 0 bridgehead atoms. The summed E-state index contributed by atoms with van der Waals surface area (Å²) in [6.45, 7) is 1.92. The lowest BCUT2D eigenvalue weighted by Gasteiger charge is -2.17. The van der Waals surface area contributed by atoms with Crippen LogP contribution in [0.1, 0.15) is 44.8 Å². The lowest BCUT2D eigenvalue weighted by molar-refractivity contribution is 0.0600. The van der Waals surface area contributed by atoms with Crippen LogP contribution in [0.25, 0.3) is 0 Å². The molecule has 0 fully saturated rings. The Bertz CT molecular complexity index is 1090. The van der Waals surface area contributed by atoms with Gasteiger partial charge in [0.2, 0.25) is 0 Å². The van der Waals surface area contributed by atoms with E-state index in [2.05, 4.69) is 5.32 Å². The molecule has 0 heterocycles. The number of carbonyl (C=O) groups excluding carboxylic acids is 2. The molecule has 0 saturated heterocycles. The third-order valence-corrected chi connectivity index (χ3v) is 4.91. The number of methoxy groups -OCH3 is 1. The highest BCUT2D eigenvalue weighted by Crippen LogP contribution is 2.21. The number of hydrogen-bond donors (Lipinski definition) is 1. The van der Waals surface area contributed by atoms with E-state index >= 15 is 0 Å². The van der Waals surface area contributed by atoms with E-state index in [0.717, 1.165) is 5.56 Å². The normalized spacial score (nSPS) is 11.5. The van der Waals surface area contributed by atoms with Gasteiger partial charge in [0.05, 0.1) is 18.7 Å². The maximum Gasteiger partial charge on any atom is 0.337 e. The Morgan fingerprint density at radius 3 is 2.52 bits per heavy atom. The number of ether oxygens (including phenoxy) is 2. The first kappa shape index (κ1) is 22.3. The van der Waals surface area contributed by atoms with Crippen LogP contribution < -0.4 is 10.1 Å². The van der Waals surface area contributed by atoms with Crippen LogP contribution >= 0.6 is 11.6 Å². The zero-order valence-electron chi connectivity index (χ0n) is 17.0. The third-order valence-electron chi connectivity index (χ3n) is 4.68. The zero-order valence-corrected chi connectivity index (χ0v) is 17.8. The SMILES string of the molecule is COC(=O)c1cccc([C@H](C)NC(=O)c2cc(Cl)ccc2COc2ccc(F)cc2)c1. The summed E-state index contributed by atoms with van der Waals surface area (Å²) in [5, 5.41) is 3.33. The molecule has 3 aromatic rings. The first-order chi connectivity index (χ1) is 14.9. The number of esters is 1. The van der Waals surface area contributed by atoms with E-state index in [9.17, 15) is 14.0 Å². The first-order valence-electron chi connectivity index (χ1n) is 9.53. The monoisotopic (exact) mass is 441 g/mol. The Labute approximate surface area is 184 Å². The Hall–Kier alpha value is -3.38. The molecular weight excluding hydrogens is 421 g/mol. The Balaban J connectivity index is 1.75. The minimum absolute atomic E-state index is 0.109. The summed E-state index contributed by atoms with van der Waals surface area (Å²) in [7, 11) is 1.31. The molecule has 0 unspecified atom stereocenters. The number of carbonyl (C=O) groups is 2. The second-order valence-corrected chi connectivity index (χ2v) is 7.29. The van der Waals surface area contributed by atoms with Crippen molar-refractivity contribution >= 4 is 23.5 Å². The minimum atomic E-state index is -0.449. The van der Waals surface area contributed by atoms with Crippen molar-refractivity contribution in [2.75, 3.05) is 7.11 Å². The van der Waals surface area contributed by atoms with Gasteiger partial charge in [-0.1, -0.05) is 29.8 Å². The fourth-order valence-corrected chi connectivity index (χ4v) is 3.16.